The van der Waals surface area contributed by atoms with Crippen LogP contribution in [0.15, 0.2) is 18.2 Å². The number of carbonyl (C=O) groups is 1. The fraction of sp³-hybridized carbons (Fsp3) is 0.588. The molecule has 114 valence electrons. The van der Waals surface area contributed by atoms with Gasteiger partial charge in [-0.1, -0.05) is 6.92 Å². The molecule has 21 heavy (non-hydrogen) atoms. The van der Waals surface area contributed by atoms with Gasteiger partial charge in [0.1, 0.15) is 0 Å². The van der Waals surface area contributed by atoms with Crippen LogP contribution in [-0.2, 0) is 11.2 Å². The van der Waals surface area contributed by atoms with Gasteiger partial charge in [0.2, 0.25) is 0 Å². The van der Waals surface area contributed by atoms with Crippen molar-refractivity contribution in [2.24, 2.45) is 5.92 Å². The van der Waals surface area contributed by atoms with Crippen LogP contribution in [0.2, 0.25) is 0 Å². The standard InChI is InChI=1S/C17H24N2O2/c1-12-10-15-11-14(4-5-16(15)18(3)13(12)2)17(20)19-6-8-21-9-7-19/h4-5,11-13H,6-10H2,1-3H3/t12-,13+/m1/s1. The number of morpholine rings is 1. The summed E-state index contributed by atoms with van der Waals surface area (Å²) >= 11 is 0. The lowest BCUT2D eigenvalue weighted by Gasteiger charge is -2.38. The van der Waals surface area contributed by atoms with E-state index in [-0.39, 0.29) is 5.91 Å². The molecule has 2 aliphatic heterocycles. The molecule has 4 nitrogen and oxygen atoms in total. The summed E-state index contributed by atoms with van der Waals surface area (Å²) in [5, 5.41) is 0. The lowest BCUT2D eigenvalue weighted by Crippen LogP contribution is -2.41. The van der Waals surface area contributed by atoms with Crippen molar-refractivity contribution in [3.05, 3.63) is 29.3 Å². The third-order valence-electron chi connectivity index (χ3n) is 4.98. The van der Waals surface area contributed by atoms with Crippen molar-refractivity contribution in [2.75, 3.05) is 38.3 Å². The Hall–Kier alpha value is -1.55. The van der Waals surface area contributed by atoms with Crippen LogP contribution in [0.3, 0.4) is 0 Å². The average Bonchev–Trinajstić information content (AvgIpc) is 2.52. The summed E-state index contributed by atoms with van der Waals surface area (Å²) in [5.41, 5.74) is 3.37. The number of rotatable bonds is 1. The molecule has 2 atom stereocenters. The van der Waals surface area contributed by atoms with E-state index < -0.39 is 0 Å². The van der Waals surface area contributed by atoms with E-state index in [9.17, 15) is 4.79 Å². The predicted molar refractivity (Wildman–Crippen MR) is 83.9 cm³/mol. The second-order valence-electron chi connectivity index (χ2n) is 6.28. The minimum Gasteiger partial charge on any atom is -0.378 e. The summed E-state index contributed by atoms with van der Waals surface area (Å²) in [6, 6.07) is 6.70. The van der Waals surface area contributed by atoms with Gasteiger partial charge in [-0.05, 0) is 43.0 Å². The number of nitrogens with zero attached hydrogens (tertiary/aromatic N) is 2. The van der Waals surface area contributed by atoms with Crippen LogP contribution in [0.5, 0.6) is 0 Å². The first-order valence-electron chi connectivity index (χ1n) is 7.80. The van der Waals surface area contributed by atoms with E-state index in [0.717, 1.165) is 12.0 Å². The second-order valence-corrected chi connectivity index (χ2v) is 6.28. The Kier molecular flexibility index (Phi) is 3.89. The Labute approximate surface area is 126 Å². The van der Waals surface area contributed by atoms with E-state index in [1.807, 2.05) is 11.0 Å². The van der Waals surface area contributed by atoms with E-state index in [2.05, 4.69) is 37.9 Å². The monoisotopic (exact) mass is 288 g/mol. The highest BCUT2D eigenvalue weighted by Crippen LogP contribution is 2.33. The summed E-state index contributed by atoms with van der Waals surface area (Å²) in [5.74, 6) is 0.742. The van der Waals surface area contributed by atoms with Crippen molar-refractivity contribution in [1.29, 1.82) is 0 Å². The lowest BCUT2D eigenvalue weighted by atomic mass is 9.87. The van der Waals surface area contributed by atoms with Crippen LogP contribution in [-0.4, -0.2) is 50.2 Å². The molecule has 2 heterocycles. The normalized spacial score (nSPS) is 25.7. The minimum absolute atomic E-state index is 0.134. The van der Waals surface area contributed by atoms with Crippen LogP contribution in [0.4, 0.5) is 5.69 Å². The number of amides is 1. The molecule has 0 aromatic heterocycles. The Morgan fingerprint density at radius 3 is 2.67 bits per heavy atom. The topological polar surface area (TPSA) is 32.8 Å². The van der Waals surface area contributed by atoms with Gasteiger partial charge in [-0.25, -0.2) is 0 Å². The Morgan fingerprint density at radius 2 is 1.95 bits per heavy atom. The third kappa shape index (κ3) is 2.64. The summed E-state index contributed by atoms with van der Waals surface area (Å²) in [4.78, 5) is 16.8. The maximum Gasteiger partial charge on any atom is 0.254 e. The van der Waals surface area contributed by atoms with Gasteiger partial charge in [-0.3, -0.25) is 4.79 Å². The van der Waals surface area contributed by atoms with Crippen LogP contribution in [0.25, 0.3) is 0 Å². The van der Waals surface area contributed by atoms with Gasteiger partial charge in [0.15, 0.2) is 0 Å². The molecular formula is C17H24N2O2. The summed E-state index contributed by atoms with van der Waals surface area (Å²) in [7, 11) is 2.14. The first-order valence-corrected chi connectivity index (χ1v) is 7.80. The molecule has 1 aromatic rings. The van der Waals surface area contributed by atoms with Crippen LogP contribution in [0, 0.1) is 5.92 Å². The molecule has 1 aromatic carbocycles. The Balaban J connectivity index is 1.85. The molecular weight excluding hydrogens is 264 g/mol. The average molecular weight is 288 g/mol. The fourth-order valence-electron chi connectivity index (χ4n) is 3.29. The lowest BCUT2D eigenvalue weighted by molar-refractivity contribution is 0.0303. The largest absolute Gasteiger partial charge is 0.378 e. The van der Waals surface area contributed by atoms with Gasteiger partial charge < -0.3 is 14.5 Å². The maximum atomic E-state index is 12.6. The number of carbonyl (C=O) groups excluding carboxylic acids is 1. The number of hydrogen-bond donors (Lipinski definition) is 0. The Morgan fingerprint density at radius 1 is 1.24 bits per heavy atom. The molecule has 0 radical (unpaired) electrons. The zero-order valence-electron chi connectivity index (χ0n) is 13.1. The zero-order chi connectivity index (χ0) is 15.0. The molecule has 4 heteroatoms. The van der Waals surface area contributed by atoms with Gasteiger partial charge in [-0.15, -0.1) is 0 Å². The van der Waals surface area contributed by atoms with E-state index in [0.29, 0.717) is 38.3 Å². The van der Waals surface area contributed by atoms with Gasteiger partial charge >= 0.3 is 0 Å². The second kappa shape index (κ2) is 5.68. The van der Waals surface area contributed by atoms with Crippen molar-refractivity contribution < 1.29 is 9.53 Å². The maximum absolute atomic E-state index is 12.6. The molecule has 2 aliphatic rings. The molecule has 0 bridgehead atoms. The third-order valence-corrected chi connectivity index (χ3v) is 4.98. The molecule has 3 rings (SSSR count). The minimum atomic E-state index is 0.134. The quantitative estimate of drug-likeness (QED) is 0.794. The Bertz CT molecular complexity index is 538. The molecule has 1 fully saturated rings. The number of fused-ring (bicyclic) bond motifs is 1. The molecule has 1 amide bonds. The number of anilines is 1. The highest BCUT2D eigenvalue weighted by molar-refractivity contribution is 5.95. The van der Waals surface area contributed by atoms with Gasteiger partial charge in [0.05, 0.1) is 13.2 Å². The number of hydrogen-bond acceptors (Lipinski definition) is 3. The molecule has 1 saturated heterocycles. The number of benzene rings is 1. The fourth-order valence-corrected chi connectivity index (χ4v) is 3.29. The zero-order valence-corrected chi connectivity index (χ0v) is 13.1. The smallest absolute Gasteiger partial charge is 0.254 e. The van der Waals surface area contributed by atoms with E-state index in [1.54, 1.807) is 0 Å². The van der Waals surface area contributed by atoms with Crippen molar-refractivity contribution in [3.63, 3.8) is 0 Å². The predicted octanol–water partition coefficient (Wildman–Crippen LogP) is 2.18. The summed E-state index contributed by atoms with van der Waals surface area (Å²) in [6.45, 7) is 7.23. The highest BCUT2D eigenvalue weighted by Gasteiger charge is 2.27. The summed E-state index contributed by atoms with van der Waals surface area (Å²) in [6.07, 6.45) is 1.05. The van der Waals surface area contributed by atoms with Crippen molar-refractivity contribution in [1.82, 2.24) is 4.90 Å². The SMILES string of the molecule is C[C@@H]1Cc2cc(C(=O)N3CCOCC3)ccc2N(C)[C@H]1C. The van der Waals surface area contributed by atoms with Crippen molar-refractivity contribution in [3.8, 4) is 0 Å². The first-order chi connectivity index (χ1) is 10.1. The molecule has 0 aliphatic carbocycles. The van der Waals surface area contributed by atoms with Crippen LogP contribution < -0.4 is 4.90 Å². The van der Waals surface area contributed by atoms with Crippen molar-refractivity contribution >= 4 is 11.6 Å². The first kappa shape index (κ1) is 14.4. The summed E-state index contributed by atoms with van der Waals surface area (Å²) < 4.78 is 5.32. The number of ether oxygens (including phenoxy) is 1. The molecule has 0 N–H and O–H groups in total. The van der Waals surface area contributed by atoms with Gasteiger partial charge in [-0.2, -0.15) is 0 Å². The van der Waals surface area contributed by atoms with E-state index >= 15 is 0 Å². The van der Waals surface area contributed by atoms with Gasteiger partial charge in [0.25, 0.3) is 5.91 Å². The molecule has 0 unspecified atom stereocenters. The molecule has 0 spiro atoms. The molecule has 0 saturated carbocycles. The van der Waals surface area contributed by atoms with Crippen LogP contribution >= 0.6 is 0 Å². The highest BCUT2D eigenvalue weighted by atomic mass is 16.5. The van der Waals surface area contributed by atoms with E-state index in [1.165, 1.54) is 11.3 Å². The van der Waals surface area contributed by atoms with Gasteiger partial charge in [0, 0.05) is 37.4 Å². The van der Waals surface area contributed by atoms with Crippen molar-refractivity contribution in [2.45, 2.75) is 26.3 Å². The van der Waals surface area contributed by atoms with E-state index in [4.69, 9.17) is 4.74 Å². The van der Waals surface area contributed by atoms with Crippen LogP contribution in [0.1, 0.15) is 29.8 Å².